The van der Waals surface area contributed by atoms with Crippen LogP contribution < -0.4 is 15.4 Å². The number of piperidine rings is 1. The molecule has 0 spiro atoms. The van der Waals surface area contributed by atoms with Crippen LogP contribution in [0.25, 0.3) is 0 Å². The molecule has 3 unspecified atom stereocenters. The normalized spacial score (nSPS) is 22.7. The number of nitrogens with two attached hydrogens (primary N) is 1. The second-order valence-electron chi connectivity index (χ2n) is 10.2. The zero-order valence-electron chi connectivity index (χ0n) is 21.4. The number of hydrogen-bond acceptors (Lipinski definition) is 4. The highest BCUT2D eigenvalue weighted by atomic mass is 16.5. The van der Waals surface area contributed by atoms with Crippen LogP contribution in [-0.4, -0.2) is 48.9 Å². The number of nitrogens with one attached hydrogen (secondary N) is 1. The molecule has 6 nitrogen and oxygen atoms in total. The molecule has 188 valence electrons. The van der Waals surface area contributed by atoms with E-state index in [1.165, 1.54) is 19.3 Å². The van der Waals surface area contributed by atoms with Crippen LogP contribution >= 0.6 is 0 Å². The van der Waals surface area contributed by atoms with Crippen molar-refractivity contribution in [3.05, 3.63) is 59.2 Å². The Morgan fingerprint density at radius 1 is 1.06 bits per heavy atom. The number of rotatable bonds is 9. The van der Waals surface area contributed by atoms with Crippen LogP contribution in [-0.2, 0) is 11.2 Å². The minimum Gasteiger partial charge on any atom is -0.497 e. The number of methoxy groups -OCH3 is 1. The van der Waals surface area contributed by atoms with Gasteiger partial charge in [-0.15, -0.1) is 0 Å². The molecule has 3 N–H and O–H groups in total. The van der Waals surface area contributed by atoms with Gasteiger partial charge in [-0.2, -0.15) is 0 Å². The summed E-state index contributed by atoms with van der Waals surface area (Å²) in [5.41, 5.74) is 9.41. The van der Waals surface area contributed by atoms with Crippen molar-refractivity contribution in [3.63, 3.8) is 0 Å². The lowest BCUT2D eigenvalue weighted by Gasteiger charge is -2.39. The lowest BCUT2D eigenvalue weighted by Crippen LogP contribution is -2.44. The fraction of sp³-hybridized carbons (Fsp3) is 0.517. The van der Waals surface area contributed by atoms with Crippen molar-refractivity contribution in [1.82, 2.24) is 4.90 Å². The molecular formula is C29H40N4O2. The number of anilines is 1. The smallest absolute Gasteiger partial charge is 0.234 e. The second kappa shape index (κ2) is 11.3. The van der Waals surface area contributed by atoms with E-state index < -0.39 is 0 Å². The molecule has 2 heterocycles. The summed E-state index contributed by atoms with van der Waals surface area (Å²) >= 11 is 0. The number of likely N-dealkylation sites (tertiary alicyclic amines) is 1. The Hall–Kier alpha value is -2.86. The molecule has 0 aliphatic carbocycles. The summed E-state index contributed by atoms with van der Waals surface area (Å²) in [6, 6.07) is 15.0. The maximum Gasteiger partial charge on any atom is 0.234 e. The number of hydrogen-bond donors (Lipinski definition) is 2. The molecule has 4 rings (SSSR count). The Labute approximate surface area is 210 Å². The monoisotopic (exact) mass is 476 g/mol. The molecule has 0 aromatic heterocycles. The Morgan fingerprint density at radius 3 is 2.51 bits per heavy atom. The first-order valence-electron chi connectivity index (χ1n) is 13.1. The molecular weight excluding hydrogens is 436 g/mol. The second-order valence-corrected chi connectivity index (χ2v) is 10.2. The van der Waals surface area contributed by atoms with Gasteiger partial charge in [0.2, 0.25) is 5.91 Å². The number of carbonyl (C=O) groups excluding carboxylic acids is 1. The van der Waals surface area contributed by atoms with Crippen LogP contribution in [0.15, 0.2) is 42.5 Å². The van der Waals surface area contributed by atoms with Crippen LogP contribution in [0.3, 0.4) is 0 Å². The number of fused-ring (bicyclic) bond motifs is 1. The Bertz CT molecular complexity index is 1040. The van der Waals surface area contributed by atoms with Gasteiger partial charge in [-0.1, -0.05) is 37.1 Å². The first-order chi connectivity index (χ1) is 16.9. The molecule has 6 heteroatoms. The zero-order valence-corrected chi connectivity index (χ0v) is 21.4. The van der Waals surface area contributed by atoms with Crippen LogP contribution in [0.1, 0.15) is 75.0 Å². The summed E-state index contributed by atoms with van der Waals surface area (Å²) in [7, 11) is 1.66. The minimum atomic E-state index is -0.273. The molecule has 0 bridgehead atoms. The van der Waals surface area contributed by atoms with E-state index in [1.54, 1.807) is 7.11 Å². The molecule has 2 aromatic rings. The van der Waals surface area contributed by atoms with E-state index in [0.29, 0.717) is 30.6 Å². The summed E-state index contributed by atoms with van der Waals surface area (Å²) in [5, 5.41) is 7.79. The topological polar surface area (TPSA) is 82.7 Å². The predicted molar refractivity (Wildman–Crippen MR) is 143 cm³/mol. The largest absolute Gasteiger partial charge is 0.497 e. The fourth-order valence-corrected chi connectivity index (χ4v) is 5.78. The molecule has 3 atom stereocenters. The van der Waals surface area contributed by atoms with Gasteiger partial charge in [-0.3, -0.25) is 15.1 Å². The maximum absolute atomic E-state index is 13.8. The fourth-order valence-electron chi connectivity index (χ4n) is 5.78. The number of amidine groups is 1. The van der Waals surface area contributed by atoms with Crippen molar-refractivity contribution in [1.29, 1.82) is 5.41 Å². The van der Waals surface area contributed by atoms with Crippen molar-refractivity contribution in [2.24, 2.45) is 5.73 Å². The van der Waals surface area contributed by atoms with Crippen molar-refractivity contribution in [2.45, 2.75) is 76.8 Å². The van der Waals surface area contributed by atoms with Crippen LogP contribution in [0.5, 0.6) is 5.75 Å². The molecule has 2 aliphatic heterocycles. The summed E-state index contributed by atoms with van der Waals surface area (Å²) in [6.45, 7) is 6.55. The number of benzene rings is 2. The predicted octanol–water partition coefficient (Wildman–Crippen LogP) is 5.09. The number of nitrogens with zero attached hydrogens (tertiary/aromatic N) is 2. The third-order valence-corrected chi connectivity index (χ3v) is 7.85. The van der Waals surface area contributed by atoms with Gasteiger partial charge in [-0.25, -0.2) is 0 Å². The molecule has 1 amide bonds. The average Bonchev–Trinajstić information content (AvgIpc) is 2.86. The van der Waals surface area contributed by atoms with E-state index in [1.807, 2.05) is 41.3 Å². The number of carbonyl (C=O) groups is 1. The molecule has 0 radical (unpaired) electrons. The number of nitrogen functional groups attached to an aromatic ring is 1. The van der Waals surface area contributed by atoms with E-state index in [0.717, 1.165) is 48.4 Å². The van der Waals surface area contributed by atoms with Crippen molar-refractivity contribution < 1.29 is 9.53 Å². The number of amides is 1. The lowest BCUT2D eigenvalue weighted by molar-refractivity contribution is -0.120. The highest BCUT2D eigenvalue weighted by Crippen LogP contribution is 2.38. The first-order valence-corrected chi connectivity index (χ1v) is 13.1. The molecule has 2 aliphatic rings. The van der Waals surface area contributed by atoms with E-state index >= 15 is 0 Å². The van der Waals surface area contributed by atoms with Crippen LogP contribution in [0.4, 0.5) is 5.69 Å². The summed E-state index contributed by atoms with van der Waals surface area (Å²) < 4.78 is 5.47. The number of ether oxygens (including phenoxy) is 1. The van der Waals surface area contributed by atoms with Gasteiger partial charge in [0.05, 0.1) is 18.7 Å². The average molecular weight is 477 g/mol. The standard InChI is InChI=1S/C29H40N4O2/c1-20-9-7-10-21(2)32(20)15-5-4-6-16-33-27-19-25(35-3)14-13-23(27)18-26(29(33)34)22-11-8-12-24(17-22)28(30)31/h8,11-14,17,19-21,26H,4-7,9-10,15-16,18H2,1-3H3,(H3,30,31). The SMILES string of the molecule is COc1ccc2c(c1)N(CCCCCN1C(C)CCCC1C)C(=O)C(c1cccc(C(=N)N)c1)C2. The summed E-state index contributed by atoms with van der Waals surface area (Å²) in [5.74, 6) is 0.635. The Balaban J connectivity index is 1.47. The Morgan fingerprint density at radius 2 is 1.80 bits per heavy atom. The highest BCUT2D eigenvalue weighted by molar-refractivity contribution is 6.02. The van der Waals surface area contributed by atoms with Crippen molar-refractivity contribution in [2.75, 3.05) is 25.1 Å². The van der Waals surface area contributed by atoms with Crippen LogP contribution in [0, 0.1) is 5.41 Å². The van der Waals surface area contributed by atoms with E-state index in [4.69, 9.17) is 15.9 Å². The minimum absolute atomic E-state index is 0.0226. The highest BCUT2D eigenvalue weighted by Gasteiger charge is 2.34. The van der Waals surface area contributed by atoms with Crippen molar-refractivity contribution >= 4 is 17.4 Å². The van der Waals surface area contributed by atoms with Crippen LogP contribution in [0.2, 0.25) is 0 Å². The maximum atomic E-state index is 13.8. The number of unbranched alkanes of at least 4 members (excludes halogenated alkanes) is 2. The zero-order chi connectivity index (χ0) is 24.9. The molecule has 1 fully saturated rings. The summed E-state index contributed by atoms with van der Waals surface area (Å²) in [6.07, 6.45) is 7.82. The van der Waals surface area contributed by atoms with Gasteiger partial charge in [-0.05, 0) is 75.8 Å². The Kier molecular flexibility index (Phi) is 8.11. The van der Waals surface area contributed by atoms with Gasteiger partial charge in [0, 0.05) is 30.3 Å². The first kappa shape index (κ1) is 25.2. The van der Waals surface area contributed by atoms with Gasteiger partial charge in [0.25, 0.3) is 0 Å². The lowest BCUT2D eigenvalue weighted by atomic mass is 9.85. The molecule has 35 heavy (non-hydrogen) atoms. The third-order valence-electron chi connectivity index (χ3n) is 7.85. The molecule has 1 saturated heterocycles. The van der Waals surface area contributed by atoms with E-state index in [9.17, 15) is 4.79 Å². The van der Waals surface area contributed by atoms with Crippen molar-refractivity contribution in [3.8, 4) is 5.75 Å². The van der Waals surface area contributed by atoms with E-state index in [-0.39, 0.29) is 17.7 Å². The van der Waals surface area contributed by atoms with Gasteiger partial charge < -0.3 is 15.4 Å². The third kappa shape index (κ3) is 5.69. The van der Waals surface area contributed by atoms with Gasteiger partial charge >= 0.3 is 0 Å². The molecule has 2 aromatic carbocycles. The van der Waals surface area contributed by atoms with Gasteiger partial charge in [0.1, 0.15) is 11.6 Å². The van der Waals surface area contributed by atoms with E-state index in [2.05, 4.69) is 24.8 Å². The molecule has 0 saturated carbocycles. The quantitative estimate of drug-likeness (QED) is 0.300. The summed E-state index contributed by atoms with van der Waals surface area (Å²) in [4.78, 5) is 18.4. The van der Waals surface area contributed by atoms with Gasteiger partial charge in [0.15, 0.2) is 0 Å².